The minimum Gasteiger partial charge on any atom is -0.488 e. The first-order chi connectivity index (χ1) is 17.3. The quantitative estimate of drug-likeness (QED) is 0.425. The summed E-state index contributed by atoms with van der Waals surface area (Å²) in [5.74, 6) is 1.87. The highest BCUT2D eigenvalue weighted by molar-refractivity contribution is 5.85. The molecule has 1 saturated carbocycles. The van der Waals surface area contributed by atoms with Crippen molar-refractivity contribution in [3.63, 3.8) is 0 Å². The number of hydrogen-bond acceptors (Lipinski definition) is 11. The van der Waals surface area contributed by atoms with Gasteiger partial charge >= 0.3 is 0 Å². The number of aromatic amines is 1. The Morgan fingerprint density at radius 1 is 0.971 bits per heavy atom. The number of aromatic nitrogens is 8. The van der Waals surface area contributed by atoms with Gasteiger partial charge in [0.25, 0.3) is 0 Å². The van der Waals surface area contributed by atoms with Gasteiger partial charge in [-0.05, 0) is 37.0 Å². The predicted octanol–water partition coefficient (Wildman–Crippen LogP) is 2.24. The summed E-state index contributed by atoms with van der Waals surface area (Å²) in [5, 5.41) is 17.3. The van der Waals surface area contributed by atoms with Gasteiger partial charge in [0.15, 0.2) is 0 Å². The number of tetrazole rings is 1. The maximum Gasteiger partial charge on any atom is 0.222 e. The second-order valence-corrected chi connectivity index (χ2v) is 8.73. The van der Waals surface area contributed by atoms with Crippen LogP contribution in [0.2, 0.25) is 0 Å². The molecular weight excluding hydrogens is 448 g/mol. The monoisotopic (exact) mass is 474 g/mol. The van der Waals surface area contributed by atoms with E-state index < -0.39 is 0 Å². The molecule has 0 bridgehead atoms. The van der Waals surface area contributed by atoms with Gasteiger partial charge in [-0.3, -0.25) is 4.98 Å². The summed E-state index contributed by atoms with van der Waals surface area (Å²) in [7, 11) is 0. The first-order valence-electron chi connectivity index (χ1n) is 11.9. The van der Waals surface area contributed by atoms with Crippen molar-refractivity contribution in [1.29, 1.82) is 0 Å². The fourth-order valence-corrected chi connectivity index (χ4v) is 4.61. The van der Waals surface area contributed by atoms with E-state index in [4.69, 9.17) is 9.47 Å². The largest absolute Gasteiger partial charge is 0.488 e. The Bertz CT molecular complexity index is 1250. The first kappa shape index (κ1) is 21.6. The van der Waals surface area contributed by atoms with Crippen LogP contribution in [-0.2, 0) is 4.74 Å². The van der Waals surface area contributed by atoms with Crippen molar-refractivity contribution >= 4 is 22.7 Å². The molecule has 1 aliphatic heterocycles. The number of ether oxygens (including phenoxy) is 2. The maximum atomic E-state index is 6.51. The molecule has 1 aromatic carbocycles. The SMILES string of the molecule is c1cnc2c(OC3CCC(Nc4ncc(-c5nn[nH]n5)cn4)CC3)cc(N3CCOCC3)cc2n1. The Labute approximate surface area is 201 Å². The molecule has 12 nitrogen and oxygen atoms in total. The van der Waals surface area contributed by atoms with Gasteiger partial charge in [0, 0.05) is 55.7 Å². The number of nitrogens with one attached hydrogen (secondary N) is 2. The van der Waals surface area contributed by atoms with Crippen LogP contribution >= 0.6 is 0 Å². The molecule has 12 heteroatoms. The molecule has 0 radical (unpaired) electrons. The fourth-order valence-electron chi connectivity index (χ4n) is 4.61. The third kappa shape index (κ3) is 4.83. The molecule has 180 valence electrons. The molecule has 0 spiro atoms. The summed E-state index contributed by atoms with van der Waals surface area (Å²) in [6.07, 6.45) is 10.8. The molecule has 0 amide bonds. The van der Waals surface area contributed by atoms with Crippen molar-refractivity contribution in [2.75, 3.05) is 36.5 Å². The lowest BCUT2D eigenvalue weighted by molar-refractivity contribution is 0.122. The number of H-pyrrole nitrogens is 1. The van der Waals surface area contributed by atoms with Gasteiger partial charge < -0.3 is 19.7 Å². The number of nitrogens with zero attached hydrogens (tertiary/aromatic N) is 8. The van der Waals surface area contributed by atoms with E-state index in [-0.39, 0.29) is 6.10 Å². The molecule has 2 aliphatic rings. The molecular formula is C23H26N10O2. The summed E-state index contributed by atoms with van der Waals surface area (Å²) in [4.78, 5) is 20.2. The summed E-state index contributed by atoms with van der Waals surface area (Å²) in [6, 6.07) is 4.49. The summed E-state index contributed by atoms with van der Waals surface area (Å²) in [5.41, 5.74) is 3.48. The average Bonchev–Trinajstić information content (AvgIpc) is 3.46. The lowest BCUT2D eigenvalue weighted by Gasteiger charge is -2.31. The zero-order valence-electron chi connectivity index (χ0n) is 19.2. The topological polar surface area (TPSA) is 140 Å². The van der Waals surface area contributed by atoms with E-state index in [9.17, 15) is 0 Å². The van der Waals surface area contributed by atoms with Crippen LogP contribution in [0.5, 0.6) is 5.75 Å². The Kier molecular flexibility index (Phi) is 6.01. The molecule has 2 fully saturated rings. The predicted molar refractivity (Wildman–Crippen MR) is 128 cm³/mol. The van der Waals surface area contributed by atoms with Gasteiger partial charge in [-0.25, -0.2) is 15.0 Å². The summed E-state index contributed by atoms with van der Waals surface area (Å²) in [6.45, 7) is 3.19. The van der Waals surface area contributed by atoms with E-state index >= 15 is 0 Å². The van der Waals surface area contributed by atoms with Crippen molar-refractivity contribution in [1.82, 2.24) is 40.6 Å². The van der Waals surface area contributed by atoms with Crippen LogP contribution in [0.25, 0.3) is 22.4 Å². The second kappa shape index (κ2) is 9.74. The Morgan fingerprint density at radius 3 is 2.54 bits per heavy atom. The van der Waals surface area contributed by atoms with E-state index in [1.54, 1.807) is 24.8 Å². The van der Waals surface area contributed by atoms with E-state index in [0.717, 1.165) is 80.0 Å². The molecule has 3 aromatic heterocycles. The minimum atomic E-state index is 0.125. The molecule has 1 aliphatic carbocycles. The molecule has 2 N–H and O–H groups in total. The van der Waals surface area contributed by atoms with Gasteiger partial charge in [0.2, 0.25) is 11.8 Å². The van der Waals surface area contributed by atoms with Crippen LogP contribution in [0.15, 0.2) is 36.9 Å². The zero-order chi connectivity index (χ0) is 23.5. The molecule has 4 heterocycles. The number of benzene rings is 1. The van der Waals surface area contributed by atoms with Gasteiger partial charge in [0.05, 0.1) is 30.4 Å². The van der Waals surface area contributed by atoms with Crippen LogP contribution in [0, 0.1) is 0 Å². The highest BCUT2D eigenvalue weighted by Gasteiger charge is 2.24. The van der Waals surface area contributed by atoms with Crippen LogP contribution in [0.3, 0.4) is 0 Å². The van der Waals surface area contributed by atoms with E-state index in [1.165, 1.54) is 0 Å². The zero-order valence-corrected chi connectivity index (χ0v) is 19.2. The van der Waals surface area contributed by atoms with Crippen LogP contribution in [0.4, 0.5) is 11.6 Å². The molecule has 1 saturated heterocycles. The summed E-state index contributed by atoms with van der Waals surface area (Å²) >= 11 is 0. The van der Waals surface area contributed by atoms with Gasteiger partial charge in [-0.2, -0.15) is 5.21 Å². The first-order valence-corrected chi connectivity index (χ1v) is 11.9. The number of fused-ring (bicyclic) bond motifs is 1. The normalized spacial score (nSPS) is 20.6. The van der Waals surface area contributed by atoms with Crippen molar-refractivity contribution in [2.45, 2.75) is 37.8 Å². The number of hydrogen-bond donors (Lipinski definition) is 2. The van der Waals surface area contributed by atoms with Crippen molar-refractivity contribution < 1.29 is 9.47 Å². The highest BCUT2D eigenvalue weighted by Crippen LogP contribution is 2.33. The number of anilines is 2. The fraction of sp³-hybridized carbons (Fsp3) is 0.435. The number of morpholine rings is 1. The van der Waals surface area contributed by atoms with E-state index in [1.807, 2.05) is 0 Å². The Morgan fingerprint density at radius 2 is 1.77 bits per heavy atom. The lowest BCUT2D eigenvalue weighted by Crippen LogP contribution is -2.36. The van der Waals surface area contributed by atoms with Crippen LogP contribution in [-0.4, -0.2) is 79.0 Å². The highest BCUT2D eigenvalue weighted by atomic mass is 16.5. The van der Waals surface area contributed by atoms with Crippen LogP contribution in [0.1, 0.15) is 25.7 Å². The van der Waals surface area contributed by atoms with Crippen molar-refractivity contribution in [3.05, 3.63) is 36.9 Å². The molecule has 4 aromatic rings. The van der Waals surface area contributed by atoms with Gasteiger partial charge in [0.1, 0.15) is 11.3 Å². The molecule has 35 heavy (non-hydrogen) atoms. The maximum absolute atomic E-state index is 6.51. The van der Waals surface area contributed by atoms with E-state index in [2.05, 4.69) is 62.9 Å². The smallest absolute Gasteiger partial charge is 0.222 e. The van der Waals surface area contributed by atoms with E-state index in [0.29, 0.717) is 17.8 Å². The Hall–Kier alpha value is -3.93. The van der Waals surface area contributed by atoms with Gasteiger partial charge in [-0.1, -0.05) is 0 Å². The summed E-state index contributed by atoms with van der Waals surface area (Å²) < 4.78 is 12.0. The molecule has 0 atom stereocenters. The lowest BCUT2D eigenvalue weighted by atomic mass is 9.93. The van der Waals surface area contributed by atoms with Crippen molar-refractivity contribution in [3.8, 4) is 17.1 Å². The third-order valence-corrected chi connectivity index (χ3v) is 6.46. The molecule has 6 rings (SSSR count). The van der Waals surface area contributed by atoms with Crippen LogP contribution < -0.4 is 15.0 Å². The second-order valence-electron chi connectivity index (χ2n) is 8.73. The number of rotatable bonds is 6. The average molecular weight is 475 g/mol. The van der Waals surface area contributed by atoms with Crippen molar-refractivity contribution in [2.24, 2.45) is 0 Å². The standard InChI is InChI=1S/C23H26N10O2/c1-3-18(4-2-16(1)28-23-26-13-15(14-27-23)22-29-31-32-30-22)35-20-12-17(33-7-9-34-10-8-33)11-19-21(20)25-6-5-24-19/h5-6,11-14,16,18H,1-4,7-10H2,(H,26,27,28)(H,29,30,31,32). The molecule has 0 unspecified atom stereocenters. The Balaban J connectivity index is 1.10. The minimum absolute atomic E-state index is 0.125. The van der Waals surface area contributed by atoms with Gasteiger partial charge in [-0.15, -0.1) is 10.2 Å². The third-order valence-electron chi connectivity index (χ3n) is 6.46.